The Bertz CT molecular complexity index is 622. The number of carbonyl (C=O) groups excluding carboxylic acids is 1. The van der Waals surface area contributed by atoms with Crippen molar-refractivity contribution in [2.45, 2.75) is 12.4 Å². The molecular weight excluding hydrogens is 376 g/mol. The van der Waals surface area contributed by atoms with E-state index >= 15 is 0 Å². The first-order chi connectivity index (χ1) is 11.8. The minimum Gasteiger partial charge on any atom is -0.484 e. The lowest BCUT2D eigenvalue weighted by atomic mass is 10.1. The number of rotatable bonds is 7. The maximum Gasteiger partial charge on any atom is 0.422 e. The quantitative estimate of drug-likeness (QED) is 0.726. The molecule has 1 N–H and O–H groups in total. The van der Waals surface area contributed by atoms with Crippen LogP contribution in [0.3, 0.4) is 0 Å². The summed E-state index contributed by atoms with van der Waals surface area (Å²) >= 11 is 0. The Labute approximate surface area is 142 Å². The number of ether oxygens (including phenoxy) is 2. The zero-order chi connectivity index (χ0) is 20.1. The smallest absolute Gasteiger partial charge is 0.422 e. The van der Waals surface area contributed by atoms with Crippen molar-refractivity contribution in [1.82, 2.24) is 4.90 Å². The molecule has 0 aromatic heterocycles. The second kappa shape index (κ2) is 8.15. The molecule has 0 saturated heterocycles. The Kier molecular flexibility index (Phi) is 6.70. The van der Waals surface area contributed by atoms with E-state index in [-0.39, 0.29) is 0 Å². The number of amides is 1. The predicted molar refractivity (Wildman–Crippen MR) is 74.1 cm³/mol. The van der Waals surface area contributed by atoms with Crippen LogP contribution in [0.2, 0.25) is 0 Å². The number of nitrogens with zero attached hydrogens (tertiary/aromatic N) is 1. The van der Waals surface area contributed by atoms with Gasteiger partial charge in [-0.15, -0.1) is 0 Å². The van der Waals surface area contributed by atoms with Crippen molar-refractivity contribution in [3.05, 3.63) is 23.8 Å². The first-order valence-corrected chi connectivity index (χ1v) is 6.78. The Morgan fingerprint density at radius 2 is 1.38 bits per heavy atom. The van der Waals surface area contributed by atoms with Crippen molar-refractivity contribution >= 4 is 11.9 Å². The zero-order valence-electron chi connectivity index (χ0n) is 13.1. The molecule has 0 saturated carbocycles. The molecule has 1 rings (SSSR count). The molecule has 1 amide bonds. The molecular formula is C14H13F6NO5. The van der Waals surface area contributed by atoms with Crippen LogP contribution in [0.5, 0.6) is 11.5 Å². The van der Waals surface area contributed by atoms with E-state index in [0.717, 1.165) is 25.2 Å². The average Bonchev–Trinajstić information content (AvgIpc) is 2.48. The van der Waals surface area contributed by atoms with Gasteiger partial charge in [-0.1, -0.05) is 0 Å². The topological polar surface area (TPSA) is 76.1 Å². The third-order valence-corrected chi connectivity index (χ3v) is 2.65. The van der Waals surface area contributed by atoms with Crippen LogP contribution in [0, 0.1) is 0 Å². The van der Waals surface area contributed by atoms with Crippen LogP contribution in [0.25, 0.3) is 0 Å². The first-order valence-electron chi connectivity index (χ1n) is 6.78. The SMILES string of the molecule is CN(CC(=O)O)C(=O)c1cc(OCC(F)(F)F)cc(OCC(F)(F)F)c1. The molecule has 0 aliphatic carbocycles. The lowest BCUT2D eigenvalue weighted by Gasteiger charge is -2.17. The minimum atomic E-state index is -4.72. The highest BCUT2D eigenvalue weighted by Crippen LogP contribution is 2.27. The van der Waals surface area contributed by atoms with Gasteiger partial charge in [0.2, 0.25) is 0 Å². The third kappa shape index (κ3) is 7.94. The van der Waals surface area contributed by atoms with Gasteiger partial charge in [-0.2, -0.15) is 26.3 Å². The van der Waals surface area contributed by atoms with E-state index in [2.05, 4.69) is 9.47 Å². The van der Waals surface area contributed by atoms with Gasteiger partial charge in [0.05, 0.1) is 0 Å². The van der Waals surface area contributed by atoms with Crippen molar-refractivity contribution in [1.29, 1.82) is 0 Å². The Morgan fingerprint density at radius 3 is 1.73 bits per heavy atom. The molecule has 26 heavy (non-hydrogen) atoms. The molecule has 0 aliphatic heterocycles. The number of hydrogen-bond acceptors (Lipinski definition) is 4. The van der Waals surface area contributed by atoms with E-state index < -0.39 is 61.1 Å². The van der Waals surface area contributed by atoms with E-state index in [4.69, 9.17) is 5.11 Å². The number of hydrogen-bond donors (Lipinski definition) is 1. The summed E-state index contributed by atoms with van der Waals surface area (Å²) in [6.07, 6.45) is -9.43. The van der Waals surface area contributed by atoms with Gasteiger partial charge >= 0.3 is 18.3 Å². The predicted octanol–water partition coefficient (Wildman–Crippen LogP) is 2.73. The fraction of sp³-hybridized carbons (Fsp3) is 0.429. The average molecular weight is 389 g/mol. The Hall–Kier alpha value is -2.66. The summed E-state index contributed by atoms with van der Waals surface area (Å²) in [4.78, 5) is 23.4. The summed E-state index contributed by atoms with van der Waals surface area (Å²) in [5.41, 5.74) is -0.398. The van der Waals surface area contributed by atoms with E-state index in [1.54, 1.807) is 0 Å². The van der Waals surface area contributed by atoms with Crippen molar-refractivity contribution in [3.63, 3.8) is 0 Å². The summed E-state index contributed by atoms with van der Waals surface area (Å²) in [6.45, 7) is -4.21. The highest BCUT2D eigenvalue weighted by atomic mass is 19.4. The van der Waals surface area contributed by atoms with Crippen LogP contribution < -0.4 is 9.47 Å². The number of aliphatic carboxylic acids is 1. The van der Waals surface area contributed by atoms with Crippen molar-refractivity contribution in [2.75, 3.05) is 26.8 Å². The molecule has 0 spiro atoms. The van der Waals surface area contributed by atoms with E-state index in [0.29, 0.717) is 4.90 Å². The largest absolute Gasteiger partial charge is 0.484 e. The van der Waals surface area contributed by atoms with Gasteiger partial charge in [0.1, 0.15) is 18.0 Å². The number of benzene rings is 1. The second-order valence-electron chi connectivity index (χ2n) is 5.06. The van der Waals surface area contributed by atoms with E-state index in [9.17, 15) is 35.9 Å². The Balaban J connectivity index is 3.09. The second-order valence-corrected chi connectivity index (χ2v) is 5.06. The van der Waals surface area contributed by atoms with Crippen LogP contribution in [-0.2, 0) is 4.79 Å². The van der Waals surface area contributed by atoms with Crippen LogP contribution in [0.1, 0.15) is 10.4 Å². The van der Waals surface area contributed by atoms with Gasteiger partial charge < -0.3 is 19.5 Å². The summed E-state index contributed by atoms with van der Waals surface area (Å²) in [7, 11) is 1.09. The van der Waals surface area contributed by atoms with Crippen LogP contribution in [0.4, 0.5) is 26.3 Å². The maximum atomic E-state index is 12.2. The van der Waals surface area contributed by atoms with Gasteiger partial charge in [-0.05, 0) is 12.1 Å². The number of carbonyl (C=O) groups is 2. The molecule has 0 radical (unpaired) electrons. The van der Waals surface area contributed by atoms with Crippen molar-refractivity contribution < 1.29 is 50.5 Å². The molecule has 1 aromatic rings. The number of likely N-dealkylation sites (N-methyl/N-ethyl adjacent to an activating group) is 1. The molecule has 12 heteroatoms. The lowest BCUT2D eigenvalue weighted by molar-refractivity contribution is -0.154. The van der Waals surface area contributed by atoms with Crippen LogP contribution in [-0.4, -0.2) is 61.0 Å². The number of carboxylic acids is 1. The molecule has 0 heterocycles. The number of halogens is 6. The first kappa shape index (κ1) is 21.4. The normalized spacial score (nSPS) is 11.8. The molecule has 146 valence electrons. The van der Waals surface area contributed by atoms with E-state index in [1.807, 2.05) is 0 Å². The van der Waals surface area contributed by atoms with Gasteiger partial charge in [0.15, 0.2) is 13.2 Å². The van der Waals surface area contributed by atoms with E-state index in [1.165, 1.54) is 0 Å². The number of alkyl halides is 6. The molecule has 0 aliphatic rings. The third-order valence-electron chi connectivity index (χ3n) is 2.65. The highest BCUT2D eigenvalue weighted by Gasteiger charge is 2.30. The maximum absolute atomic E-state index is 12.2. The zero-order valence-corrected chi connectivity index (χ0v) is 13.1. The van der Waals surface area contributed by atoms with Crippen LogP contribution in [0.15, 0.2) is 18.2 Å². The monoisotopic (exact) mass is 389 g/mol. The molecule has 1 aromatic carbocycles. The van der Waals surface area contributed by atoms with Gasteiger partial charge in [0.25, 0.3) is 5.91 Å². The lowest BCUT2D eigenvalue weighted by Crippen LogP contribution is -2.32. The fourth-order valence-corrected chi connectivity index (χ4v) is 1.69. The summed E-state index contributed by atoms with van der Waals surface area (Å²) in [5, 5.41) is 8.64. The van der Waals surface area contributed by atoms with Crippen molar-refractivity contribution in [3.8, 4) is 11.5 Å². The van der Waals surface area contributed by atoms with Crippen LogP contribution >= 0.6 is 0 Å². The van der Waals surface area contributed by atoms with Crippen molar-refractivity contribution in [2.24, 2.45) is 0 Å². The highest BCUT2D eigenvalue weighted by molar-refractivity contribution is 5.96. The van der Waals surface area contributed by atoms with Gasteiger partial charge in [0, 0.05) is 18.7 Å². The Morgan fingerprint density at radius 1 is 0.962 bits per heavy atom. The minimum absolute atomic E-state index is 0.398. The van der Waals surface area contributed by atoms with Gasteiger partial charge in [-0.3, -0.25) is 9.59 Å². The number of carboxylic acid groups (broad SMARTS) is 1. The molecule has 0 unspecified atom stereocenters. The fourth-order valence-electron chi connectivity index (χ4n) is 1.69. The summed E-state index contributed by atoms with van der Waals surface area (Å²) in [5.74, 6) is -3.44. The van der Waals surface area contributed by atoms with Gasteiger partial charge in [-0.25, -0.2) is 0 Å². The standard InChI is InChI=1S/C14H13F6NO5/c1-21(5-11(22)23)12(24)8-2-9(25-6-13(15,16)17)4-10(3-8)26-7-14(18,19)20/h2-4H,5-7H2,1H3,(H,22,23). The molecule has 0 bridgehead atoms. The summed E-state index contributed by atoms with van der Waals surface area (Å²) in [6, 6.07) is 2.44. The molecule has 0 fully saturated rings. The summed E-state index contributed by atoms with van der Waals surface area (Å²) < 4.78 is 82.2. The molecule has 0 atom stereocenters. The molecule has 6 nitrogen and oxygen atoms in total.